The Bertz CT molecular complexity index is 630. The Kier molecular flexibility index (Phi) is 4.81. The van der Waals surface area contributed by atoms with E-state index in [-0.39, 0.29) is 5.56 Å². The second-order valence-electron chi connectivity index (χ2n) is 4.36. The third-order valence-corrected chi connectivity index (χ3v) is 2.61. The van der Waals surface area contributed by atoms with Crippen molar-refractivity contribution in [1.29, 1.82) is 0 Å². The lowest BCUT2D eigenvalue weighted by atomic mass is 10.3. The van der Waals surface area contributed by atoms with Gasteiger partial charge >= 0.3 is 11.7 Å². The van der Waals surface area contributed by atoms with E-state index in [1.807, 2.05) is 0 Å². The molecule has 0 saturated carbocycles. The molecule has 9 heteroatoms. The zero-order chi connectivity index (χ0) is 15.4. The average molecular weight is 284 g/mol. The summed E-state index contributed by atoms with van der Waals surface area (Å²) in [6.45, 7) is 1.99. The largest absolute Gasteiger partial charge is 0.480 e. The smallest absolute Gasteiger partial charge is 0.328 e. The highest BCUT2D eigenvalue weighted by molar-refractivity contribution is 5.81. The number of H-pyrrole nitrogens is 1. The van der Waals surface area contributed by atoms with Gasteiger partial charge in [-0.05, 0) is 13.8 Å². The number of nitrogens with zero attached hydrogens (tertiary/aromatic N) is 2. The summed E-state index contributed by atoms with van der Waals surface area (Å²) in [6.07, 6.45) is 0.428. The first-order valence-corrected chi connectivity index (χ1v) is 5.79. The van der Waals surface area contributed by atoms with Gasteiger partial charge in [0, 0.05) is 11.8 Å². The van der Waals surface area contributed by atoms with Gasteiger partial charge in [-0.15, -0.1) is 0 Å². The van der Waals surface area contributed by atoms with Crippen LogP contribution in [-0.2, 0) is 16.1 Å². The Morgan fingerprint density at radius 2 is 2.10 bits per heavy atom. The lowest BCUT2D eigenvalue weighted by Gasteiger charge is -2.24. The number of nitrogens with two attached hydrogens (primary N) is 1. The molecule has 20 heavy (non-hydrogen) atoms. The quantitative estimate of drug-likeness (QED) is 0.538. The van der Waals surface area contributed by atoms with Crippen LogP contribution in [0.25, 0.3) is 0 Å². The topological polar surface area (TPSA) is 138 Å². The Hall–Kier alpha value is -2.42. The van der Waals surface area contributed by atoms with Crippen molar-refractivity contribution >= 4 is 11.9 Å². The number of aryl methyl sites for hydroxylation is 1. The molecule has 1 aromatic rings. The summed E-state index contributed by atoms with van der Waals surface area (Å²) >= 11 is 0. The second-order valence-corrected chi connectivity index (χ2v) is 4.36. The second kappa shape index (κ2) is 6.15. The van der Waals surface area contributed by atoms with E-state index in [1.54, 1.807) is 0 Å². The van der Waals surface area contributed by atoms with Crippen LogP contribution in [-0.4, -0.2) is 44.1 Å². The van der Waals surface area contributed by atoms with Crippen molar-refractivity contribution in [2.24, 2.45) is 5.73 Å². The first-order chi connectivity index (χ1) is 9.22. The minimum atomic E-state index is -1.21. The summed E-state index contributed by atoms with van der Waals surface area (Å²) in [5.41, 5.74) is 4.52. The first kappa shape index (κ1) is 15.6. The molecule has 1 unspecified atom stereocenters. The number of carboxylic acids is 1. The number of rotatable bonds is 5. The molecule has 0 aliphatic carbocycles. The van der Waals surface area contributed by atoms with E-state index < -0.39 is 42.4 Å². The molecule has 0 bridgehead atoms. The fourth-order valence-electron chi connectivity index (χ4n) is 1.58. The molecule has 4 N–H and O–H groups in total. The van der Waals surface area contributed by atoms with Crippen LogP contribution in [0.5, 0.6) is 0 Å². The fourth-order valence-corrected chi connectivity index (χ4v) is 1.58. The Morgan fingerprint density at radius 3 is 2.60 bits per heavy atom. The minimum absolute atomic E-state index is 0.267. The van der Waals surface area contributed by atoms with Crippen molar-refractivity contribution in [3.63, 3.8) is 0 Å². The SMILES string of the molecule is Cc1cn(CC(=O)N(CC(=O)O)C(C)N)c(=O)[nH]c1=O. The van der Waals surface area contributed by atoms with Crippen LogP contribution in [0.15, 0.2) is 15.8 Å². The van der Waals surface area contributed by atoms with E-state index in [9.17, 15) is 19.2 Å². The Morgan fingerprint density at radius 1 is 1.50 bits per heavy atom. The highest BCUT2D eigenvalue weighted by Crippen LogP contribution is 1.97. The maximum absolute atomic E-state index is 12.0. The molecule has 1 rings (SSSR count). The molecule has 0 radical (unpaired) electrons. The lowest BCUT2D eigenvalue weighted by Crippen LogP contribution is -2.48. The fraction of sp³-hybridized carbons (Fsp3) is 0.455. The Labute approximate surface area is 113 Å². The summed E-state index contributed by atoms with van der Waals surface area (Å²) < 4.78 is 0.996. The van der Waals surface area contributed by atoms with Crippen LogP contribution < -0.4 is 17.0 Å². The van der Waals surface area contributed by atoms with Gasteiger partial charge in [0.2, 0.25) is 5.91 Å². The van der Waals surface area contributed by atoms with Gasteiger partial charge in [0.25, 0.3) is 5.56 Å². The molecular formula is C11H16N4O5. The van der Waals surface area contributed by atoms with Crippen molar-refractivity contribution in [2.45, 2.75) is 26.6 Å². The number of carbonyl (C=O) groups is 2. The molecule has 110 valence electrons. The minimum Gasteiger partial charge on any atom is -0.480 e. The van der Waals surface area contributed by atoms with Crippen LogP contribution in [0.1, 0.15) is 12.5 Å². The zero-order valence-corrected chi connectivity index (χ0v) is 11.1. The molecule has 0 saturated heterocycles. The monoisotopic (exact) mass is 284 g/mol. The summed E-state index contributed by atoms with van der Waals surface area (Å²) in [5, 5.41) is 8.72. The van der Waals surface area contributed by atoms with Gasteiger partial charge in [-0.3, -0.25) is 23.9 Å². The van der Waals surface area contributed by atoms with Crippen LogP contribution in [0.2, 0.25) is 0 Å². The predicted octanol–water partition coefficient (Wildman–Crippen LogP) is -1.94. The molecule has 1 amide bonds. The molecule has 0 aliphatic heterocycles. The summed E-state index contributed by atoms with van der Waals surface area (Å²) in [6, 6.07) is 0. The normalized spacial score (nSPS) is 11.9. The number of aromatic amines is 1. The lowest BCUT2D eigenvalue weighted by molar-refractivity contribution is -0.146. The van der Waals surface area contributed by atoms with Gasteiger partial charge < -0.3 is 15.7 Å². The average Bonchev–Trinajstić information content (AvgIpc) is 2.32. The molecular weight excluding hydrogens is 268 g/mol. The number of hydrogen-bond acceptors (Lipinski definition) is 5. The third-order valence-electron chi connectivity index (χ3n) is 2.61. The van der Waals surface area contributed by atoms with Crippen molar-refractivity contribution in [1.82, 2.24) is 14.5 Å². The molecule has 0 spiro atoms. The molecule has 9 nitrogen and oxygen atoms in total. The van der Waals surface area contributed by atoms with E-state index in [0.717, 1.165) is 9.47 Å². The van der Waals surface area contributed by atoms with Crippen LogP contribution >= 0.6 is 0 Å². The van der Waals surface area contributed by atoms with E-state index in [0.29, 0.717) is 0 Å². The molecule has 0 aliphatic rings. The van der Waals surface area contributed by atoms with E-state index in [1.165, 1.54) is 20.0 Å². The number of amides is 1. The summed E-state index contributed by atoms with van der Waals surface area (Å²) in [4.78, 5) is 48.4. The molecule has 1 aromatic heterocycles. The van der Waals surface area contributed by atoms with Crippen LogP contribution in [0.3, 0.4) is 0 Å². The van der Waals surface area contributed by atoms with E-state index >= 15 is 0 Å². The number of nitrogens with one attached hydrogen (secondary N) is 1. The van der Waals surface area contributed by atoms with Crippen molar-refractivity contribution in [3.05, 3.63) is 32.6 Å². The van der Waals surface area contributed by atoms with Gasteiger partial charge in [0.15, 0.2) is 0 Å². The van der Waals surface area contributed by atoms with Gasteiger partial charge in [-0.2, -0.15) is 0 Å². The van der Waals surface area contributed by atoms with Crippen molar-refractivity contribution < 1.29 is 14.7 Å². The van der Waals surface area contributed by atoms with E-state index in [4.69, 9.17) is 10.8 Å². The van der Waals surface area contributed by atoms with Gasteiger partial charge in [-0.1, -0.05) is 0 Å². The molecule has 0 aromatic carbocycles. The molecule has 1 atom stereocenters. The highest BCUT2D eigenvalue weighted by atomic mass is 16.4. The maximum Gasteiger partial charge on any atom is 0.328 e. The summed E-state index contributed by atoms with van der Waals surface area (Å²) in [7, 11) is 0. The standard InChI is InChI=1S/C11H16N4O5/c1-6-3-14(11(20)13-10(6)19)4-8(16)15(7(2)12)5-9(17)18/h3,7H,4-5,12H2,1-2H3,(H,17,18)(H,13,19,20). The number of carboxylic acid groups (broad SMARTS) is 1. The van der Waals surface area contributed by atoms with Crippen molar-refractivity contribution in [2.75, 3.05) is 6.54 Å². The van der Waals surface area contributed by atoms with Crippen LogP contribution in [0, 0.1) is 6.92 Å². The number of carbonyl (C=O) groups excluding carboxylic acids is 1. The Balaban J connectivity index is 2.99. The zero-order valence-electron chi connectivity index (χ0n) is 11.1. The van der Waals surface area contributed by atoms with Gasteiger partial charge in [-0.25, -0.2) is 4.79 Å². The third kappa shape index (κ3) is 3.79. The highest BCUT2D eigenvalue weighted by Gasteiger charge is 2.20. The predicted molar refractivity (Wildman–Crippen MR) is 69.1 cm³/mol. The number of aromatic nitrogens is 2. The van der Waals surface area contributed by atoms with Gasteiger partial charge in [0.05, 0.1) is 6.17 Å². The maximum atomic E-state index is 12.0. The first-order valence-electron chi connectivity index (χ1n) is 5.79. The molecule has 0 fully saturated rings. The summed E-state index contributed by atoms with van der Waals surface area (Å²) in [5.74, 6) is -1.84. The van der Waals surface area contributed by atoms with Crippen molar-refractivity contribution in [3.8, 4) is 0 Å². The van der Waals surface area contributed by atoms with Crippen LogP contribution in [0.4, 0.5) is 0 Å². The number of aliphatic carboxylic acids is 1. The number of hydrogen-bond donors (Lipinski definition) is 3. The van der Waals surface area contributed by atoms with Gasteiger partial charge in [0.1, 0.15) is 13.1 Å². The molecule has 1 heterocycles. The van der Waals surface area contributed by atoms with E-state index in [2.05, 4.69) is 4.98 Å².